The SMILES string of the molecule is CC(C)(c1ccccc1)C1COC(c2ccccc2)O1. The van der Waals surface area contributed by atoms with Gasteiger partial charge in [-0.05, 0) is 5.56 Å². The van der Waals surface area contributed by atoms with Crippen LogP contribution < -0.4 is 0 Å². The molecule has 0 N–H and O–H groups in total. The van der Waals surface area contributed by atoms with Crippen LogP contribution in [0, 0.1) is 0 Å². The van der Waals surface area contributed by atoms with Gasteiger partial charge in [-0.25, -0.2) is 0 Å². The molecule has 0 saturated carbocycles. The van der Waals surface area contributed by atoms with Crippen LogP contribution in [-0.4, -0.2) is 12.7 Å². The van der Waals surface area contributed by atoms with Crippen LogP contribution in [0.4, 0.5) is 0 Å². The van der Waals surface area contributed by atoms with Crippen molar-refractivity contribution in [1.29, 1.82) is 0 Å². The number of hydrogen-bond acceptors (Lipinski definition) is 2. The van der Waals surface area contributed by atoms with Gasteiger partial charge in [0.25, 0.3) is 0 Å². The van der Waals surface area contributed by atoms with Crippen LogP contribution in [0.15, 0.2) is 60.7 Å². The molecule has 0 amide bonds. The quantitative estimate of drug-likeness (QED) is 0.835. The highest BCUT2D eigenvalue weighted by atomic mass is 16.7. The first-order valence-corrected chi connectivity index (χ1v) is 7.05. The molecule has 1 heterocycles. The van der Waals surface area contributed by atoms with Crippen LogP contribution in [0.1, 0.15) is 31.3 Å². The fraction of sp³-hybridized carbons (Fsp3) is 0.333. The minimum atomic E-state index is -0.246. The van der Waals surface area contributed by atoms with E-state index in [2.05, 4.69) is 38.1 Å². The van der Waals surface area contributed by atoms with Crippen LogP contribution in [-0.2, 0) is 14.9 Å². The Morgan fingerprint density at radius 2 is 1.50 bits per heavy atom. The molecule has 20 heavy (non-hydrogen) atoms. The Balaban J connectivity index is 1.77. The first-order valence-electron chi connectivity index (χ1n) is 7.05. The molecule has 1 aliphatic rings. The van der Waals surface area contributed by atoms with Gasteiger partial charge in [-0.3, -0.25) is 0 Å². The summed E-state index contributed by atoms with van der Waals surface area (Å²) in [6.07, 6.45) is -0.181. The summed E-state index contributed by atoms with van der Waals surface area (Å²) in [5.74, 6) is 0. The Labute approximate surface area is 120 Å². The molecule has 2 unspecified atom stereocenters. The van der Waals surface area contributed by atoms with Crippen molar-refractivity contribution in [3.8, 4) is 0 Å². The highest BCUT2D eigenvalue weighted by Gasteiger charge is 2.39. The molecule has 3 rings (SSSR count). The van der Waals surface area contributed by atoms with Crippen LogP contribution in [0.3, 0.4) is 0 Å². The van der Waals surface area contributed by atoms with Crippen molar-refractivity contribution in [2.75, 3.05) is 6.61 Å². The molecule has 2 aromatic carbocycles. The topological polar surface area (TPSA) is 18.5 Å². The van der Waals surface area contributed by atoms with E-state index in [9.17, 15) is 0 Å². The first kappa shape index (κ1) is 13.3. The monoisotopic (exact) mass is 268 g/mol. The van der Waals surface area contributed by atoms with Crippen molar-refractivity contribution in [3.05, 3.63) is 71.8 Å². The average Bonchev–Trinajstić information content (AvgIpc) is 3.00. The minimum absolute atomic E-state index is 0.0647. The Bertz CT molecular complexity index is 548. The fourth-order valence-corrected chi connectivity index (χ4v) is 2.62. The summed E-state index contributed by atoms with van der Waals surface area (Å²) in [4.78, 5) is 0. The minimum Gasteiger partial charge on any atom is -0.346 e. The molecule has 1 aliphatic heterocycles. The third kappa shape index (κ3) is 2.49. The second kappa shape index (κ2) is 5.39. The van der Waals surface area contributed by atoms with Gasteiger partial charge in [0.15, 0.2) is 6.29 Å². The molecule has 0 spiro atoms. The molecule has 0 aliphatic carbocycles. The van der Waals surface area contributed by atoms with Crippen LogP contribution in [0.2, 0.25) is 0 Å². The molecule has 2 atom stereocenters. The van der Waals surface area contributed by atoms with Crippen molar-refractivity contribution < 1.29 is 9.47 Å². The second-order valence-electron chi connectivity index (χ2n) is 5.79. The normalized spacial score (nSPS) is 22.9. The van der Waals surface area contributed by atoms with E-state index in [0.29, 0.717) is 6.61 Å². The molecule has 1 saturated heterocycles. The zero-order valence-electron chi connectivity index (χ0n) is 12.0. The Morgan fingerprint density at radius 3 is 2.15 bits per heavy atom. The molecular weight excluding hydrogens is 248 g/mol. The number of ether oxygens (including phenoxy) is 2. The molecule has 2 aromatic rings. The zero-order valence-corrected chi connectivity index (χ0v) is 12.0. The van der Waals surface area contributed by atoms with Gasteiger partial charge in [0, 0.05) is 11.0 Å². The van der Waals surface area contributed by atoms with E-state index in [1.54, 1.807) is 0 Å². The van der Waals surface area contributed by atoms with Crippen molar-refractivity contribution in [3.63, 3.8) is 0 Å². The van der Waals surface area contributed by atoms with E-state index in [4.69, 9.17) is 9.47 Å². The molecule has 0 aromatic heterocycles. The Morgan fingerprint density at radius 1 is 0.900 bits per heavy atom. The van der Waals surface area contributed by atoms with Gasteiger partial charge in [0.2, 0.25) is 0 Å². The molecule has 0 bridgehead atoms. The lowest BCUT2D eigenvalue weighted by Crippen LogP contribution is -2.35. The van der Waals surface area contributed by atoms with Gasteiger partial charge in [0.05, 0.1) is 12.7 Å². The summed E-state index contributed by atoms with van der Waals surface area (Å²) >= 11 is 0. The lowest BCUT2D eigenvalue weighted by atomic mass is 9.79. The summed E-state index contributed by atoms with van der Waals surface area (Å²) in [5, 5.41) is 0. The average molecular weight is 268 g/mol. The number of hydrogen-bond donors (Lipinski definition) is 0. The van der Waals surface area contributed by atoms with E-state index in [-0.39, 0.29) is 17.8 Å². The Hall–Kier alpha value is -1.64. The van der Waals surface area contributed by atoms with Crippen molar-refractivity contribution in [2.24, 2.45) is 0 Å². The van der Waals surface area contributed by atoms with Crippen LogP contribution in [0.25, 0.3) is 0 Å². The maximum atomic E-state index is 6.14. The summed E-state index contributed by atoms with van der Waals surface area (Å²) in [7, 11) is 0. The zero-order chi connectivity index (χ0) is 14.0. The molecule has 2 heteroatoms. The molecule has 104 valence electrons. The van der Waals surface area contributed by atoms with Gasteiger partial charge >= 0.3 is 0 Å². The Kier molecular flexibility index (Phi) is 3.60. The van der Waals surface area contributed by atoms with Gasteiger partial charge in [-0.1, -0.05) is 74.5 Å². The predicted molar refractivity (Wildman–Crippen MR) is 79.5 cm³/mol. The van der Waals surface area contributed by atoms with Crippen molar-refractivity contribution in [2.45, 2.75) is 31.7 Å². The van der Waals surface area contributed by atoms with Gasteiger partial charge < -0.3 is 9.47 Å². The summed E-state index contributed by atoms with van der Waals surface area (Å²) < 4.78 is 12.0. The number of benzene rings is 2. The summed E-state index contributed by atoms with van der Waals surface area (Å²) in [6, 6.07) is 20.6. The molecular formula is C18H20O2. The molecule has 0 radical (unpaired) electrons. The maximum absolute atomic E-state index is 6.14. The highest BCUT2D eigenvalue weighted by Crippen LogP contribution is 2.37. The van der Waals surface area contributed by atoms with E-state index in [1.807, 2.05) is 36.4 Å². The smallest absolute Gasteiger partial charge is 0.184 e. The maximum Gasteiger partial charge on any atom is 0.184 e. The predicted octanol–water partition coefficient (Wildman–Crippen LogP) is 4.08. The molecule has 1 fully saturated rings. The van der Waals surface area contributed by atoms with Crippen LogP contribution >= 0.6 is 0 Å². The second-order valence-corrected chi connectivity index (χ2v) is 5.79. The largest absolute Gasteiger partial charge is 0.346 e. The van der Waals surface area contributed by atoms with E-state index in [0.717, 1.165) is 5.56 Å². The van der Waals surface area contributed by atoms with Crippen molar-refractivity contribution in [1.82, 2.24) is 0 Å². The standard InChI is InChI=1S/C18H20O2/c1-18(2,15-11-7-4-8-12-15)16-13-19-17(20-16)14-9-5-3-6-10-14/h3-12,16-17H,13H2,1-2H3. The summed E-state index contributed by atoms with van der Waals surface area (Å²) in [6.45, 7) is 5.05. The summed E-state index contributed by atoms with van der Waals surface area (Å²) in [5.41, 5.74) is 2.30. The van der Waals surface area contributed by atoms with E-state index >= 15 is 0 Å². The third-order valence-electron chi connectivity index (χ3n) is 4.08. The van der Waals surface area contributed by atoms with Crippen molar-refractivity contribution >= 4 is 0 Å². The van der Waals surface area contributed by atoms with E-state index < -0.39 is 0 Å². The lowest BCUT2D eigenvalue weighted by molar-refractivity contribution is -0.0711. The third-order valence-corrected chi connectivity index (χ3v) is 4.08. The van der Waals surface area contributed by atoms with Gasteiger partial charge in [-0.2, -0.15) is 0 Å². The first-order chi connectivity index (χ1) is 9.68. The van der Waals surface area contributed by atoms with Gasteiger partial charge in [0.1, 0.15) is 0 Å². The van der Waals surface area contributed by atoms with Crippen LogP contribution in [0.5, 0.6) is 0 Å². The van der Waals surface area contributed by atoms with E-state index in [1.165, 1.54) is 5.56 Å². The highest BCUT2D eigenvalue weighted by molar-refractivity contribution is 5.26. The number of rotatable bonds is 3. The van der Waals surface area contributed by atoms with Gasteiger partial charge in [-0.15, -0.1) is 0 Å². The molecule has 2 nitrogen and oxygen atoms in total. The lowest BCUT2D eigenvalue weighted by Gasteiger charge is -2.30. The fourth-order valence-electron chi connectivity index (χ4n) is 2.62.